The van der Waals surface area contributed by atoms with Crippen molar-refractivity contribution in [3.63, 3.8) is 0 Å². The molecule has 0 saturated heterocycles. The zero-order chi connectivity index (χ0) is 27.8. The van der Waals surface area contributed by atoms with Crippen molar-refractivity contribution in [2.75, 3.05) is 5.32 Å². The Morgan fingerprint density at radius 2 is 1.12 bits per heavy atom. The van der Waals surface area contributed by atoms with Crippen LogP contribution in [0.2, 0.25) is 5.02 Å². The molecule has 2 N–H and O–H groups in total. The highest BCUT2D eigenvalue weighted by atomic mass is 35.5. The summed E-state index contributed by atoms with van der Waals surface area (Å²) in [5.74, 6) is 1.36. The Hall–Kier alpha value is -4.57. The number of pyridine rings is 1. The minimum Gasteiger partial charge on any atom is -0.315 e. The van der Waals surface area contributed by atoms with Crippen LogP contribution in [0.4, 0.5) is 5.82 Å². The number of rotatable bonds is 8. The van der Waals surface area contributed by atoms with E-state index < -0.39 is 19.1 Å². The molecule has 2 amide bonds. The number of benzene rings is 4. The Morgan fingerprint density at radius 3 is 1.57 bits per heavy atom. The number of carbonyl (C=O) groups is 2. The predicted molar refractivity (Wildman–Crippen MR) is 165 cm³/mol. The van der Waals surface area contributed by atoms with Crippen LogP contribution in [0.5, 0.6) is 0 Å². The molecule has 0 aliphatic rings. The molecule has 0 aliphatic carbocycles. The van der Waals surface area contributed by atoms with Crippen LogP contribution in [-0.2, 0) is 4.79 Å². The zero-order valence-electron chi connectivity index (χ0n) is 21.4. The fourth-order valence-electron chi connectivity index (χ4n) is 4.42. The van der Waals surface area contributed by atoms with E-state index >= 15 is 0 Å². The molecule has 0 fully saturated rings. The lowest BCUT2D eigenvalue weighted by atomic mass is 10.2. The summed E-state index contributed by atoms with van der Waals surface area (Å²) in [6.07, 6.45) is 1.46. The number of nitrogens with one attached hydrogen (secondary N) is 2. The first-order valence-electron chi connectivity index (χ1n) is 12.6. The van der Waals surface area contributed by atoms with E-state index in [4.69, 9.17) is 11.6 Å². The van der Waals surface area contributed by atoms with Crippen molar-refractivity contribution in [3.8, 4) is 0 Å². The number of aromatic nitrogens is 1. The van der Waals surface area contributed by atoms with Gasteiger partial charge in [-0.15, -0.1) is 0 Å². The van der Waals surface area contributed by atoms with Crippen LogP contribution in [0.1, 0.15) is 10.4 Å². The zero-order valence-corrected chi connectivity index (χ0v) is 23.1. The lowest BCUT2D eigenvalue weighted by Gasteiger charge is -2.25. The number of carbonyl (C=O) groups excluding carboxylic acids is 2. The van der Waals surface area contributed by atoms with Crippen molar-refractivity contribution in [1.29, 1.82) is 0 Å². The number of halogens is 1. The Labute approximate surface area is 238 Å². The highest BCUT2D eigenvalue weighted by molar-refractivity contribution is 7.98. The first-order chi connectivity index (χ1) is 19.6. The van der Waals surface area contributed by atoms with E-state index in [1.807, 2.05) is 66.5 Å². The summed E-state index contributed by atoms with van der Waals surface area (Å²) in [6, 6.07) is 42.3. The standard InChI is InChI=1S/C33H25ClN3O2P/c34-26-21-22-31(35-23-26)37-33(39)30(36-32(38)25-13-5-1-6-14-25)24-40(27-15-7-2-8-16-27,28-17-9-3-10-18-28)29-19-11-4-12-20-29/h1-24H,(H-,35,36,37,38,39)/p+1. The number of amides is 2. The molecular weight excluding hydrogens is 537 g/mol. The van der Waals surface area contributed by atoms with E-state index in [1.165, 1.54) is 6.20 Å². The number of anilines is 1. The summed E-state index contributed by atoms with van der Waals surface area (Å²) in [5.41, 5.74) is 0.560. The van der Waals surface area contributed by atoms with Gasteiger partial charge in [-0.1, -0.05) is 84.4 Å². The Kier molecular flexibility index (Phi) is 8.46. The second kappa shape index (κ2) is 12.5. The first-order valence-corrected chi connectivity index (χ1v) is 14.9. The topological polar surface area (TPSA) is 71.1 Å². The van der Waals surface area contributed by atoms with E-state index in [2.05, 4.69) is 52.0 Å². The van der Waals surface area contributed by atoms with Crippen LogP contribution in [0.25, 0.3) is 0 Å². The molecule has 4 aromatic carbocycles. The average molecular weight is 563 g/mol. The van der Waals surface area contributed by atoms with Gasteiger partial charge in [-0.3, -0.25) is 9.59 Å². The second-order valence-corrected chi connectivity index (χ2v) is 12.6. The summed E-state index contributed by atoms with van der Waals surface area (Å²) in [4.78, 5) is 31.5. The number of hydrogen-bond acceptors (Lipinski definition) is 3. The monoisotopic (exact) mass is 562 g/mol. The van der Waals surface area contributed by atoms with Crippen LogP contribution in [-0.4, -0.2) is 16.8 Å². The van der Waals surface area contributed by atoms with Gasteiger partial charge in [0.1, 0.15) is 40.5 Å². The van der Waals surface area contributed by atoms with Crippen LogP contribution >= 0.6 is 18.9 Å². The van der Waals surface area contributed by atoms with E-state index in [0.29, 0.717) is 16.4 Å². The van der Waals surface area contributed by atoms with Gasteiger partial charge in [-0.05, 0) is 60.7 Å². The van der Waals surface area contributed by atoms with Gasteiger partial charge in [0.05, 0.1) is 5.02 Å². The molecule has 0 radical (unpaired) electrons. The van der Waals surface area contributed by atoms with Gasteiger partial charge >= 0.3 is 0 Å². The SMILES string of the molecule is O=C(Nc1ccc(Cl)cn1)C(=C[P+](c1ccccc1)(c1ccccc1)c1ccccc1)NC(=O)c1ccccc1. The maximum absolute atomic E-state index is 13.9. The van der Waals surface area contributed by atoms with E-state index in [0.717, 1.165) is 15.9 Å². The summed E-state index contributed by atoms with van der Waals surface area (Å²) >= 11 is 6.00. The quantitative estimate of drug-likeness (QED) is 0.182. The first kappa shape index (κ1) is 27.0. The fourth-order valence-corrected chi connectivity index (χ4v) is 8.37. The molecule has 5 nitrogen and oxygen atoms in total. The third kappa shape index (κ3) is 6.02. The molecular formula is C33H26ClN3O2P+. The van der Waals surface area contributed by atoms with Gasteiger partial charge in [0, 0.05) is 11.8 Å². The minimum atomic E-state index is -2.60. The molecule has 40 heavy (non-hydrogen) atoms. The molecule has 0 unspecified atom stereocenters. The van der Waals surface area contributed by atoms with Gasteiger partial charge in [0.15, 0.2) is 0 Å². The molecule has 5 rings (SSSR count). The molecule has 5 aromatic rings. The molecule has 0 aliphatic heterocycles. The highest BCUT2D eigenvalue weighted by Gasteiger charge is 2.45. The Balaban J connectivity index is 1.72. The number of hydrogen-bond donors (Lipinski definition) is 2. The van der Waals surface area contributed by atoms with Gasteiger partial charge in [-0.25, -0.2) is 4.98 Å². The summed E-state index contributed by atoms with van der Waals surface area (Å²) in [7, 11) is -2.60. The fraction of sp³-hybridized carbons (Fsp3) is 0. The van der Waals surface area contributed by atoms with Crippen molar-refractivity contribution in [1.82, 2.24) is 10.3 Å². The van der Waals surface area contributed by atoms with Gasteiger partial charge in [0.2, 0.25) is 0 Å². The molecule has 7 heteroatoms. The normalized spacial score (nSPS) is 11.5. The Morgan fingerprint density at radius 1 is 0.650 bits per heavy atom. The number of nitrogens with zero attached hydrogens (tertiary/aromatic N) is 1. The maximum Gasteiger partial charge on any atom is 0.276 e. The lowest BCUT2D eigenvalue weighted by Crippen LogP contribution is -2.35. The Bertz CT molecular complexity index is 1520. The van der Waals surface area contributed by atoms with Crippen LogP contribution < -0.4 is 26.5 Å². The van der Waals surface area contributed by atoms with Crippen molar-refractivity contribution in [2.45, 2.75) is 0 Å². The third-order valence-electron chi connectivity index (χ3n) is 6.31. The average Bonchev–Trinajstić information content (AvgIpc) is 3.02. The molecule has 196 valence electrons. The van der Waals surface area contributed by atoms with Gasteiger partial charge in [0.25, 0.3) is 11.8 Å². The molecule has 0 bridgehead atoms. The molecule has 0 atom stereocenters. The lowest BCUT2D eigenvalue weighted by molar-refractivity contribution is -0.113. The molecule has 0 spiro atoms. The van der Waals surface area contributed by atoms with Crippen molar-refractivity contribution in [3.05, 3.63) is 162 Å². The molecule has 0 saturated carbocycles. The summed E-state index contributed by atoms with van der Waals surface area (Å²) in [6.45, 7) is 0. The van der Waals surface area contributed by atoms with Crippen LogP contribution in [0, 0.1) is 0 Å². The van der Waals surface area contributed by atoms with Gasteiger partial charge < -0.3 is 10.6 Å². The van der Waals surface area contributed by atoms with Crippen molar-refractivity contribution < 1.29 is 9.59 Å². The summed E-state index contributed by atoms with van der Waals surface area (Å²) in [5, 5.41) is 9.31. The van der Waals surface area contributed by atoms with Crippen LogP contribution in [0.3, 0.4) is 0 Å². The van der Waals surface area contributed by atoms with Crippen LogP contribution in [0.15, 0.2) is 151 Å². The van der Waals surface area contributed by atoms with Gasteiger partial charge in [-0.2, -0.15) is 0 Å². The maximum atomic E-state index is 13.9. The van der Waals surface area contributed by atoms with E-state index in [9.17, 15) is 9.59 Å². The van der Waals surface area contributed by atoms with Crippen molar-refractivity contribution >= 4 is 52.4 Å². The predicted octanol–water partition coefficient (Wildman–Crippen LogP) is 5.94. The second-order valence-electron chi connectivity index (χ2n) is 8.91. The minimum absolute atomic E-state index is 0.121. The van der Waals surface area contributed by atoms with E-state index in [1.54, 1.807) is 36.4 Å². The smallest absolute Gasteiger partial charge is 0.276 e. The largest absolute Gasteiger partial charge is 0.315 e. The molecule has 1 aromatic heterocycles. The third-order valence-corrected chi connectivity index (χ3v) is 10.5. The molecule has 1 heterocycles. The van der Waals surface area contributed by atoms with E-state index in [-0.39, 0.29) is 5.70 Å². The highest BCUT2D eigenvalue weighted by Crippen LogP contribution is 2.57. The summed E-state index contributed by atoms with van der Waals surface area (Å²) < 4.78 is 0. The van der Waals surface area contributed by atoms with Crippen molar-refractivity contribution in [2.24, 2.45) is 0 Å².